The quantitative estimate of drug-likeness (QED) is 0.689. The number of esters is 1. The number of carbonyl (C=O) groups excluding carboxylic acids is 2. The predicted octanol–water partition coefficient (Wildman–Crippen LogP) is 3.56. The highest BCUT2D eigenvalue weighted by atomic mass is 35.5. The highest BCUT2D eigenvalue weighted by Crippen LogP contribution is 2.44. The van der Waals surface area contributed by atoms with Gasteiger partial charge >= 0.3 is 5.97 Å². The van der Waals surface area contributed by atoms with Gasteiger partial charge in [-0.1, -0.05) is 29.8 Å². The largest absolute Gasteiger partial charge is 0.507 e. The number of carbonyl (C=O) groups is 2. The lowest BCUT2D eigenvalue weighted by Crippen LogP contribution is -2.18. The Morgan fingerprint density at radius 1 is 1.16 bits per heavy atom. The van der Waals surface area contributed by atoms with E-state index in [1.54, 1.807) is 13.0 Å². The maximum atomic E-state index is 12.5. The molecule has 6 heteroatoms. The van der Waals surface area contributed by atoms with Crippen molar-refractivity contribution in [2.24, 2.45) is 11.8 Å². The number of aromatic hydroxyl groups is 2. The first-order valence-corrected chi connectivity index (χ1v) is 8.56. The first-order valence-electron chi connectivity index (χ1n) is 8.18. The number of hydrogen-bond donors (Lipinski definition) is 2. The van der Waals surface area contributed by atoms with E-state index in [1.165, 1.54) is 6.08 Å². The van der Waals surface area contributed by atoms with Crippen LogP contribution in [0.3, 0.4) is 0 Å². The third kappa shape index (κ3) is 3.87. The molecule has 1 aliphatic heterocycles. The van der Waals surface area contributed by atoms with Gasteiger partial charge in [-0.25, -0.2) is 4.79 Å². The third-order valence-electron chi connectivity index (χ3n) is 4.55. The van der Waals surface area contributed by atoms with Crippen molar-refractivity contribution in [3.05, 3.63) is 46.5 Å². The van der Waals surface area contributed by atoms with Gasteiger partial charge in [-0.15, -0.1) is 0 Å². The minimum Gasteiger partial charge on any atom is -0.507 e. The Hall–Kier alpha value is -2.27. The van der Waals surface area contributed by atoms with Gasteiger partial charge in [-0.3, -0.25) is 4.79 Å². The molecule has 5 nitrogen and oxygen atoms in total. The lowest BCUT2D eigenvalue weighted by molar-refractivity contribution is -0.114. The summed E-state index contributed by atoms with van der Waals surface area (Å²) in [6, 6.07) is 0.982. The van der Waals surface area contributed by atoms with Crippen LogP contribution in [0.5, 0.6) is 11.5 Å². The second-order valence-corrected chi connectivity index (χ2v) is 6.96. The molecule has 0 bridgehead atoms. The average Bonchev–Trinajstić information content (AvgIpc) is 3.25. The number of halogens is 1. The molecule has 0 spiro atoms. The van der Waals surface area contributed by atoms with Crippen molar-refractivity contribution in [1.82, 2.24) is 0 Å². The van der Waals surface area contributed by atoms with Crippen molar-refractivity contribution in [2.75, 3.05) is 0 Å². The van der Waals surface area contributed by atoms with E-state index < -0.39 is 17.5 Å². The van der Waals surface area contributed by atoms with Crippen LogP contribution in [0.2, 0.25) is 5.02 Å². The van der Waals surface area contributed by atoms with Crippen LogP contribution in [0.25, 0.3) is 0 Å². The molecule has 0 unspecified atom stereocenters. The zero-order valence-electron chi connectivity index (χ0n) is 13.7. The molecule has 0 radical (unpaired) electrons. The molecule has 1 saturated carbocycles. The molecule has 2 aliphatic rings. The molecule has 1 aromatic rings. The molecule has 1 fully saturated rings. The average molecular weight is 363 g/mol. The van der Waals surface area contributed by atoms with Gasteiger partial charge in [0.05, 0.1) is 11.1 Å². The van der Waals surface area contributed by atoms with Gasteiger partial charge in [0.2, 0.25) is 0 Å². The van der Waals surface area contributed by atoms with E-state index in [0.717, 1.165) is 18.9 Å². The van der Waals surface area contributed by atoms with Crippen LogP contribution in [-0.2, 0) is 16.0 Å². The van der Waals surface area contributed by atoms with E-state index in [-0.39, 0.29) is 34.5 Å². The number of ether oxygens (including phenoxy) is 1. The van der Waals surface area contributed by atoms with Gasteiger partial charge in [0, 0.05) is 18.1 Å². The van der Waals surface area contributed by atoms with Gasteiger partial charge in [0.15, 0.2) is 5.78 Å². The summed E-state index contributed by atoms with van der Waals surface area (Å²) in [7, 11) is 0. The number of phenolic OH excluding ortho intramolecular Hbond substituents is 2. The molecule has 1 aromatic carbocycles. The lowest BCUT2D eigenvalue weighted by Gasteiger charge is -2.17. The second kappa shape index (κ2) is 6.92. The Morgan fingerprint density at radius 2 is 1.92 bits per heavy atom. The van der Waals surface area contributed by atoms with Gasteiger partial charge in [-0.2, -0.15) is 0 Å². The molecule has 3 atom stereocenters. The first kappa shape index (κ1) is 17.5. The number of cyclic esters (lactones) is 1. The fraction of sp³-hybridized carbons (Fsp3) is 0.368. The monoisotopic (exact) mass is 362 g/mol. The van der Waals surface area contributed by atoms with Crippen molar-refractivity contribution in [1.29, 1.82) is 0 Å². The van der Waals surface area contributed by atoms with E-state index in [2.05, 4.69) is 0 Å². The summed E-state index contributed by atoms with van der Waals surface area (Å²) in [5.74, 6) is -1.01. The Balaban J connectivity index is 2.01. The van der Waals surface area contributed by atoms with E-state index in [1.807, 2.05) is 12.2 Å². The smallest absolute Gasteiger partial charge is 0.342 e. The lowest BCUT2D eigenvalue weighted by atomic mass is 10.00. The normalized spacial score (nSPS) is 29.0. The number of phenols is 2. The molecule has 2 N–H and O–H groups in total. The Bertz CT molecular complexity index is 781. The highest BCUT2D eigenvalue weighted by molar-refractivity contribution is 6.33. The van der Waals surface area contributed by atoms with Crippen molar-refractivity contribution in [2.45, 2.75) is 32.3 Å². The van der Waals surface area contributed by atoms with E-state index in [9.17, 15) is 19.8 Å². The minimum absolute atomic E-state index is 0.0661. The van der Waals surface area contributed by atoms with Crippen molar-refractivity contribution < 1.29 is 24.5 Å². The van der Waals surface area contributed by atoms with Crippen molar-refractivity contribution in [3.8, 4) is 11.5 Å². The summed E-state index contributed by atoms with van der Waals surface area (Å²) in [6.07, 6.45) is 8.13. The third-order valence-corrected chi connectivity index (χ3v) is 4.97. The Morgan fingerprint density at radius 3 is 2.68 bits per heavy atom. The van der Waals surface area contributed by atoms with Crippen molar-refractivity contribution >= 4 is 23.4 Å². The van der Waals surface area contributed by atoms with Gasteiger partial charge in [-0.05, 0) is 37.7 Å². The number of hydrogen-bond acceptors (Lipinski definition) is 5. The maximum absolute atomic E-state index is 12.5. The molecule has 25 heavy (non-hydrogen) atoms. The molecular formula is C19H19ClO5. The van der Waals surface area contributed by atoms with Crippen LogP contribution in [0.15, 0.2) is 30.4 Å². The highest BCUT2D eigenvalue weighted by Gasteiger charge is 2.36. The molecular weight excluding hydrogens is 344 g/mol. The number of rotatable bonds is 0. The number of fused-ring (bicyclic) bond motifs is 2. The number of benzene rings is 1. The SMILES string of the molecule is C[C@@H]1C[C@@H]2C[C@@H]2/C=C/C=C\C(=O)Cc2c(Cl)c(O)cc(O)c2C(=O)O1. The van der Waals surface area contributed by atoms with Gasteiger partial charge in [0.1, 0.15) is 17.1 Å². The zero-order chi connectivity index (χ0) is 18.1. The van der Waals surface area contributed by atoms with Crippen LogP contribution in [0, 0.1) is 11.8 Å². The van der Waals surface area contributed by atoms with E-state index >= 15 is 0 Å². The fourth-order valence-electron chi connectivity index (χ4n) is 3.17. The molecule has 1 aliphatic carbocycles. The van der Waals surface area contributed by atoms with Crippen LogP contribution in [0.4, 0.5) is 0 Å². The molecule has 0 saturated heterocycles. The zero-order valence-corrected chi connectivity index (χ0v) is 14.5. The van der Waals surface area contributed by atoms with Gasteiger partial charge in [0.25, 0.3) is 0 Å². The summed E-state index contributed by atoms with van der Waals surface area (Å²) in [5.41, 5.74) is -0.104. The summed E-state index contributed by atoms with van der Waals surface area (Å²) >= 11 is 6.07. The summed E-state index contributed by atoms with van der Waals surface area (Å²) in [4.78, 5) is 24.7. The van der Waals surface area contributed by atoms with Crippen molar-refractivity contribution in [3.63, 3.8) is 0 Å². The second-order valence-electron chi connectivity index (χ2n) is 6.58. The van der Waals surface area contributed by atoms with Crippen LogP contribution >= 0.6 is 11.6 Å². The Kier molecular flexibility index (Phi) is 4.86. The topological polar surface area (TPSA) is 83.8 Å². The summed E-state index contributed by atoms with van der Waals surface area (Å²) < 4.78 is 5.44. The number of allylic oxidation sites excluding steroid dienone is 4. The molecule has 0 aromatic heterocycles. The maximum Gasteiger partial charge on any atom is 0.342 e. The molecule has 3 rings (SSSR count). The minimum atomic E-state index is -0.747. The molecule has 1 heterocycles. The van der Waals surface area contributed by atoms with Gasteiger partial charge < -0.3 is 14.9 Å². The molecule has 0 amide bonds. The number of ketones is 1. The molecule has 132 valence electrons. The van der Waals surface area contributed by atoms with E-state index in [4.69, 9.17) is 16.3 Å². The predicted molar refractivity (Wildman–Crippen MR) is 92.9 cm³/mol. The van der Waals surface area contributed by atoms with Crippen LogP contribution in [0.1, 0.15) is 35.7 Å². The van der Waals surface area contributed by atoms with E-state index in [0.29, 0.717) is 11.8 Å². The summed E-state index contributed by atoms with van der Waals surface area (Å²) in [5, 5.41) is 19.8. The van der Waals surface area contributed by atoms with Crippen LogP contribution in [-0.4, -0.2) is 28.1 Å². The standard InChI is InChI=1S/C19H19ClO5/c1-10-6-12-7-11(12)4-2-3-5-13(21)8-14-17(19(24)25-10)15(22)9-16(23)18(14)20/h2-5,9-12,22-23H,6-8H2,1H3/b4-2+,5-3-/t10-,11+,12-/m1/s1. The Labute approximate surface area is 150 Å². The first-order chi connectivity index (χ1) is 11.9. The van der Waals surface area contributed by atoms with Crippen LogP contribution < -0.4 is 0 Å². The summed E-state index contributed by atoms with van der Waals surface area (Å²) in [6.45, 7) is 1.80. The fourth-order valence-corrected chi connectivity index (χ4v) is 3.39.